The lowest BCUT2D eigenvalue weighted by atomic mass is 9.95. The van der Waals surface area contributed by atoms with E-state index >= 15 is 0 Å². The van der Waals surface area contributed by atoms with Crippen molar-refractivity contribution in [3.8, 4) is 5.75 Å². The zero-order valence-corrected chi connectivity index (χ0v) is 11.0. The Morgan fingerprint density at radius 3 is 2.94 bits per heavy atom. The second-order valence-corrected chi connectivity index (χ2v) is 4.77. The van der Waals surface area contributed by atoms with Gasteiger partial charge in [-0.15, -0.1) is 0 Å². The largest absolute Gasteiger partial charge is 0.489 e. The molecule has 1 fully saturated rings. The lowest BCUT2D eigenvalue weighted by Gasteiger charge is -2.40. The Morgan fingerprint density at radius 1 is 1.50 bits per heavy atom. The molecule has 0 saturated carbocycles. The van der Waals surface area contributed by atoms with Crippen molar-refractivity contribution < 1.29 is 9.47 Å². The monoisotopic (exact) mass is 253 g/mol. The summed E-state index contributed by atoms with van der Waals surface area (Å²) < 4.78 is 10.7. The van der Waals surface area contributed by atoms with Crippen LogP contribution in [-0.2, 0) is 4.74 Å². The molecule has 2 heterocycles. The summed E-state index contributed by atoms with van der Waals surface area (Å²) in [5.74, 6) is 0.849. The highest BCUT2D eigenvalue weighted by Gasteiger charge is 2.32. The van der Waals surface area contributed by atoms with E-state index < -0.39 is 0 Å². The van der Waals surface area contributed by atoms with E-state index in [0.29, 0.717) is 12.4 Å². The highest BCUT2D eigenvalue weighted by molar-refractivity contribution is 5.51. The molecule has 1 atom stereocenters. The van der Waals surface area contributed by atoms with Crippen LogP contribution in [0.1, 0.15) is 19.8 Å². The molecule has 100 valence electrons. The molecule has 6 heteroatoms. The minimum Gasteiger partial charge on any atom is -0.489 e. The fourth-order valence-electron chi connectivity index (χ4n) is 2.34. The van der Waals surface area contributed by atoms with Crippen molar-refractivity contribution >= 4 is 5.82 Å². The van der Waals surface area contributed by atoms with E-state index in [9.17, 15) is 4.79 Å². The van der Waals surface area contributed by atoms with Crippen molar-refractivity contribution in [2.75, 3.05) is 32.2 Å². The number of nitrogens with zero attached hydrogens (tertiary/aromatic N) is 2. The molecular formula is C12H19N3O3. The molecule has 6 nitrogen and oxygen atoms in total. The Morgan fingerprint density at radius 2 is 2.28 bits per heavy atom. The van der Waals surface area contributed by atoms with Crippen molar-refractivity contribution in [2.45, 2.75) is 25.4 Å². The SMILES string of the molecule is COc1c(N2CCCC(C)(OC)C2)nc[nH]c1=O. The number of hydrogen-bond acceptors (Lipinski definition) is 5. The Hall–Kier alpha value is -1.56. The summed E-state index contributed by atoms with van der Waals surface area (Å²) in [4.78, 5) is 20.4. The molecule has 1 saturated heterocycles. The fourth-order valence-corrected chi connectivity index (χ4v) is 2.34. The molecule has 0 aliphatic carbocycles. The third-order valence-electron chi connectivity index (χ3n) is 3.45. The Kier molecular flexibility index (Phi) is 3.56. The van der Waals surface area contributed by atoms with Gasteiger partial charge in [0, 0.05) is 20.2 Å². The topological polar surface area (TPSA) is 67.5 Å². The fraction of sp³-hybridized carbons (Fsp3) is 0.667. The third-order valence-corrected chi connectivity index (χ3v) is 3.45. The van der Waals surface area contributed by atoms with E-state index in [1.54, 1.807) is 7.11 Å². The number of aromatic amines is 1. The summed E-state index contributed by atoms with van der Waals surface area (Å²) in [5.41, 5.74) is -0.458. The van der Waals surface area contributed by atoms with Gasteiger partial charge in [-0.1, -0.05) is 0 Å². The zero-order chi connectivity index (χ0) is 13.2. The zero-order valence-electron chi connectivity index (χ0n) is 11.0. The molecule has 1 aromatic rings. The van der Waals surface area contributed by atoms with Gasteiger partial charge in [0.1, 0.15) is 0 Å². The van der Waals surface area contributed by atoms with Crippen LogP contribution in [0.3, 0.4) is 0 Å². The van der Waals surface area contributed by atoms with Crippen LogP contribution in [-0.4, -0.2) is 42.9 Å². The van der Waals surface area contributed by atoms with Crippen LogP contribution < -0.4 is 15.2 Å². The van der Waals surface area contributed by atoms with E-state index in [2.05, 4.69) is 16.9 Å². The first-order chi connectivity index (χ1) is 8.59. The molecule has 0 bridgehead atoms. The number of nitrogens with one attached hydrogen (secondary N) is 1. The van der Waals surface area contributed by atoms with Gasteiger partial charge in [0.15, 0.2) is 5.82 Å². The summed E-state index contributed by atoms with van der Waals surface area (Å²) in [5, 5.41) is 0. The second-order valence-electron chi connectivity index (χ2n) is 4.77. The van der Waals surface area contributed by atoms with E-state index in [1.165, 1.54) is 13.4 Å². The Labute approximate surface area is 106 Å². The molecule has 0 spiro atoms. The summed E-state index contributed by atoms with van der Waals surface area (Å²) in [7, 11) is 3.20. The van der Waals surface area contributed by atoms with Crippen LogP contribution in [0.25, 0.3) is 0 Å². The van der Waals surface area contributed by atoms with Gasteiger partial charge in [-0.3, -0.25) is 4.79 Å². The van der Waals surface area contributed by atoms with Crippen molar-refractivity contribution in [1.29, 1.82) is 0 Å². The van der Waals surface area contributed by atoms with E-state index in [4.69, 9.17) is 9.47 Å². The first-order valence-electron chi connectivity index (χ1n) is 6.01. The minimum absolute atomic E-state index is 0.201. The maximum absolute atomic E-state index is 11.7. The maximum Gasteiger partial charge on any atom is 0.295 e. The van der Waals surface area contributed by atoms with Crippen LogP contribution >= 0.6 is 0 Å². The van der Waals surface area contributed by atoms with Crippen molar-refractivity contribution in [1.82, 2.24) is 9.97 Å². The summed E-state index contributed by atoms with van der Waals surface area (Å²) in [6.45, 7) is 3.63. The third kappa shape index (κ3) is 2.33. The number of methoxy groups -OCH3 is 2. The minimum atomic E-state index is -0.257. The van der Waals surface area contributed by atoms with Crippen LogP contribution in [0.2, 0.25) is 0 Å². The van der Waals surface area contributed by atoms with Gasteiger partial charge in [-0.2, -0.15) is 0 Å². The average molecular weight is 253 g/mol. The van der Waals surface area contributed by atoms with Crippen LogP contribution in [0, 0.1) is 0 Å². The predicted octanol–water partition coefficient (Wildman–Crippen LogP) is 0.784. The Bertz CT molecular complexity index is 474. The highest BCUT2D eigenvalue weighted by Crippen LogP contribution is 2.29. The first-order valence-corrected chi connectivity index (χ1v) is 6.01. The molecule has 1 unspecified atom stereocenters. The normalized spacial score (nSPS) is 24.1. The van der Waals surface area contributed by atoms with E-state index in [0.717, 1.165) is 19.4 Å². The van der Waals surface area contributed by atoms with Crippen LogP contribution in [0.5, 0.6) is 5.75 Å². The number of anilines is 1. The van der Waals surface area contributed by atoms with Crippen molar-refractivity contribution in [3.63, 3.8) is 0 Å². The lowest BCUT2D eigenvalue weighted by molar-refractivity contribution is -0.00490. The molecule has 1 N–H and O–H groups in total. The number of aromatic nitrogens is 2. The number of H-pyrrole nitrogens is 1. The summed E-state index contributed by atoms with van der Waals surface area (Å²) in [6, 6.07) is 0. The molecule has 2 rings (SSSR count). The van der Waals surface area contributed by atoms with Gasteiger partial charge in [0.25, 0.3) is 5.56 Å². The van der Waals surface area contributed by atoms with E-state index in [1.807, 2.05) is 4.90 Å². The molecule has 1 aliphatic rings. The van der Waals surface area contributed by atoms with Crippen LogP contribution in [0.15, 0.2) is 11.1 Å². The van der Waals surface area contributed by atoms with Crippen molar-refractivity contribution in [3.05, 3.63) is 16.7 Å². The quantitative estimate of drug-likeness (QED) is 0.862. The first kappa shape index (κ1) is 12.9. The lowest BCUT2D eigenvalue weighted by Crippen LogP contribution is -2.48. The molecule has 1 aromatic heterocycles. The van der Waals surface area contributed by atoms with Gasteiger partial charge < -0.3 is 19.4 Å². The van der Waals surface area contributed by atoms with Gasteiger partial charge in [0.05, 0.1) is 19.0 Å². The standard InChI is InChI=1S/C12H19N3O3/c1-12(18-3)5-4-6-15(7-12)10-9(17-2)11(16)14-8-13-10/h8H,4-7H2,1-3H3,(H,13,14,16). The molecule has 0 radical (unpaired) electrons. The smallest absolute Gasteiger partial charge is 0.295 e. The maximum atomic E-state index is 11.7. The molecule has 0 amide bonds. The van der Waals surface area contributed by atoms with E-state index in [-0.39, 0.29) is 16.9 Å². The summed E-state index contributed by atoms with van der Waals surface area (Å²) in [6.07, 6.45) is 3.41. The van der Waals surface area contributed by atoms with Gasteiger partial charge in [-0.05, 0) is 19.8 Å². The number of piperidine rings is 1. The Balaban J connectivity index is 2.32. The average Bonchev–Trinajstić information content (AvgIpc) is 2.38. The van der Waals surface area contributed by atoms with Gasteiger partial charge in [0.2, 0.25) is 5.75 Å². The molecular weight excluding hydrogens is 234 g/mol. The number of ether oxygens (including phenoxy) is 2. The van der Waals surface area contributed by atoms with Crippen LogP contribution in [0.4, 0.5) is 5.82 Å². The van der Waals surface area contributed by atoms with Crippen molar-refractivity contribution in [2.24, 2.45) is 0 Å². The molecule has 18 heavy (non-hydrogen) atoms. The number of hydrogen-bond donors (Lipinski definition) is 1. The predicted molar refractivity (Wildman–Crippen MR) is 68.3 cm³/mol. The molecule has 0 aromatic carbocycles. The molecule has 1 aliphatic heterocycles. The second kappa shape index (κ2) is 4.97. The van der Waals surface area contributed by atoms with Gasteiger partial charge >= 0.3 is 0 Å². The highest BCUT2D eigenvalue weighted by atomic mass is 16.5. The number of rotatable bonds is 3. The van der Waals surface area contributed by atoms with Gasteiger partial charge in [-0.25, -0.2) is 4.98 Å². The summed E-state index contributed by atoms with van der Waals surface area (Å²) >= 11 is 0.